The van der Waals surface area contributed by atoms with E-state index in [1.807, 2.05) is 29.2 Å². The fourth-order valence-corrected chi connectivity index (χ4v) is 2.71. The summed E-state index contributed by atoms with van der Waals surface area (Å²) in [6, 6.07) is 7.49. The van der Waals surface area contributed by atoms with Crippen LogP contribution in [0.25, 0.3) is 11.5 Å². The molecule has 3 rings (SSSR count). The predicted molar refractivity (Wildman–Crippen MR) is 80.5 cm³/mol. The summed E-state index contributed by atoms with van der Waals surface area (Å²) in [5.41, 5.74) is 0.860. The molecule has 1 amide bonds. The van der Waals surface area contributed by atoms with Crippen molar-refractivity contribution in [1.29, 1.82) is 0 Å². The molecule has 6 nitrogen and oxygen atoms in total. The fourth-order valence-electron chi connectivity index (χ4n) is 2.71. The van der Waals surface area contributed by atoms with Gasteiger partial charge >= 0.3 is 0 Å². The molecular formula is C16H19N3O3. The van der Waals surface area contributed by atoms with Gasteiger partial charge in [0.25, 0.3) is 0 Å². The number of nitrogens with zero attached hydrogens (tertiary/aromatic N) is 3. The van der Waals surface area contributed by atoms with Crippen LogP contribution in [0.3, 0.4) is 0 Å². The lowest BCUT2D eigenvalue weighted by molar-refractivity contribution is -0.130. The third kappa shape index (κ3) is 2.95. The van der Waals surface area contributed by atoms with Crippen molar-refractivity contribution in [3.05, 3.63) is 30.2 Å². The molecule has 0 saturated carbocycles. The number of ether oxygens (including phenoxy) is 1. The monoisotopic (exact) mass is 301 g/mol. The van der Waals surface area contributed by atoms with E-state index in [1.165, 1.54) is 0 Å². The lowest BCUT2D eigenvalue weighted by Crippen LogP contribution is -2.37. The van der Waals surface area contributed by atoms with Gasteiger partial charge in [0.05, 0.1) is 13.0 Å². The summed E-state index contributed by atoms with van der Waals surface area (Å²) in [7, 11) is 1.63. The Morgan fingerprint density at radius 2 is 2.09 bits per heavy atom. The number of methoxy groups -OCH3 is 1. The lowest BCUT2D eigenvalue weighted by Gasteiger charge is -2.30. The molecule has 0 radical (unpaired) electrons. The van der Waals surface area contributed by atoms with Gasteiger partial charge in [-0.25, -0.2) is 0 Å². The summed E-state index contributed by atoms with van der Waals surface area (Å²) in [5, 5.41) is 8.29. The summed E-state index contributed by atoms with van der Waals surface area (Å²) >= 11 is 0. The van der Waals surface area contributed by atoms with Gasteiger partial charge in [-0.2, -0.15) is 0 Å². The highest BCUT2D eigenvalue weighted by Crippen LogP contribution is 2.29. The van der Waals surface area contributed by atoms with Crippen LogP contribution in [0.1, 0.15) is 31.6 Å². The minimum absolute atomic E-state index is 0.0968. The van der Waals surface area contributed by atoms with E-state index in [4.69, 9.17) is 9.15 Å². The van der Waals surface area contributed by atoms with E-state index in [1.54, 1.807) is 14.0 Å². The zero-order valence-electron chi connectivity index (χ0n) is 12.8. The number of amides is 1. The summed E-state index contributed by atoms with van der Waals surface area (Å²) in [6.07, 6.45) is 1.93. The van der Waals surface area contributed by atoms with E-state index in [0.29, 0.717) is 18.3 Å². The van der Waals surface area contributed by atoms with Crippen LogP contribution in [0, 0.1) is 0 Å². The van der Waals surface area contributed by atoms with Gasteiger partial charge < -0.3 is 14.1 Å². The largest absolute Gasteiger partial charge is 0.497 e. The van der Waals surface area contributed by atoms with Crippen LogP contribution >= 0.6 is 0 Å². The normalized spacial score (nSPS) is 18.3. The molecule has 0 aliphatic carbocycles. The van der Waals surface area contributed by atoms with Gasteiger partial charge in [-0.3, -0.25) is 4.79 Å². The van der Waals surface area contributed by atoms with Crippen LogP contribution < -0.4 is 4.74 Å². The fraction of sp³-hybridized carbons (Fsp3) is 0.438. The maximum atomic E-state index is 11.5. The topological polar surface area (TPSA) is 68.5 Å². The number of rotatable bonds is 3. The lowest BCUT2D eigenvalue weighted by atomic mass is 9.98. The number of likely N-dealkylation sites (tertiary alicyclic amines) is 1. The first-order valence-electron chi connectivity index (χ1n) is 7.40. The van der Waals surface area contributed by atoms with Gasteiger partial charge in [-0.15, -0.1) is 10.2 Å². The number of carbonyl (C=O) groups is 1. The second kappa shape index (κ2) is 6.17. The maximum absolute atomic E-state index is 11.5. The minimum Gasteiger partial charge on any atom is -0.497 e. The van der Waals surface area contributed by atoms with E-state index in [9.17, 15) is 4.79 Å². The van der Waals surface area contributed by atoms with Crippen molar-refractivity contribution < 1.29 is 13.9 Å². The zero-order valence-corrected chi connectivity index (χ0v) is 12.8. The molecule has 1 fully saturated rings. The Hall–Kier alpha value is -2.37. The highest BCUT2D eigenvalue weighted by molar-refractivity contribution is 5.73. The molecule has 0 spiro atoms. The second-order valence-corrected chi connectivity index (χ2v) is 5.48. The summed E-state index contributed by atoms with van der Waals surface area (Å²) in [4.78, 5) is 13.3. The van der Waals surface area contributed by atoms with Gasteiger partial charge in [-0.1, -0.05) is 0 Å². The van der Waals surface area contributed by atoms with E-state index in [0.717, 1.165) is 30.7 Å². The van der Waals surface area contributed by atoms with Crippen molar-refractivity contribution in [2.24, 2.45) is 0 Å². The Morgan fingerprint density at radius 3 is 2.77 bits per heavy atom. The Labute approximate surface area is 129 Å². The van der Waals surface area contributed by atoms with E-state index in [-0.39, 0.29) is 11.8 Å². The van der Waals surface area contributed by atoms with Crippen molar-refractivity contribution in [3.8, 4) is 17.2 Å². The highest BCUT2D eigenvalue weighted by atomic mass is 16.5. The third-order valence-electron chi connectivity index (χ3n) is 3.99. The van der Waals surface area contributed by atoms with Crippen LogP contribution in [-0.4, -0.2) is 41.2 Å². The van der Waals surface area contributed by atoms with E-state index in [2.05, 4.69) is 10.2 Å². The molecule has 116 valence electrons. The highest BCUT2D eigenvalue weighted by Gasteiger charge is 2.27. The molecule has 0 unspecified atom stereocenters. The molecule has 1 aromatic carbocycles. The first-order chi connectivity index (χ1) is 10.7. The number of hydrogen-bond acceptors (Lipinski definition) is 5. The standard InChI is InChI=1S/C16H19N3O3/c1-11(20)19-9-3-4-13(10-19)16-18-17-15(22-16)12-5-7-14(21-2)8-6-12/h5-8,13H,3-4,9-10H2,1-2H3/t13-/m1/s1. The van der Waals surface area contributed by atoms with Crippen molar-refractivity contribution in [2.75, 3.05) is 20.2 Å². The number of hydrogen-bond donors (Lipinski definition) is 0. The Bertz CT molecular complexity index is 651. The SMILES string of the molecule is COc1ccc(-c2nnc([C@@H]3CCCN(C(C)=O)C3)o2)cc1. The van der Waals surface area contributed by atoms with Crippen molar-refractivity contribution in [2.45, 2.75) is 25.7 Å². The molecule has 1 aliphatic heterocycles. The Morgan fingerprint density at radius 1 is 1.32 bits per heavy atom. The van der Waals surface area contributed by atoms with Gasteiger partial charge in [0.1, 0.15) is 5.75 Å². The van der Waals surface area contributed by atoms with E-state index >= 15 is 0 Å². The predicted octanol–water partition coefficient (Wildman–Crippen LogP) is 2.47. The van der Waals surface area contributed by atoms with Crippen LogP contribution in [0.5, 0.6) is 5.75 Å². The van der Waals surface area contributed by atoms with Crippen LogP contribution in [0.15, 0.2) is 28.7 Å². The first-order valence-corrected chi connectivity index (χ1v) is 7.40. The quantitative estimate of drug-likeness (QED) is 0.871. The average Bonchev–Trinajstić information content (AvgIpc) is 3.05. The van der Waals surface area contributed by atoms with Crippen LogP contribution in [0.4, 0.5) is 0 Å². The minimum atomic E-state index is 0.0968. The molecular weight excluding hydrogens is 282 g/mol. The third-order valence-corrected chi connectivity index (χ3v) is 3.99. The smallest absolute Gasteiger partial charge is 0.247 e. The molecule has 2 heterocycles. The summed E-state index contributed by atoms with van der Waals surface area (Å²) in [5.74, 6) is 2.11. The first kappa shape index (κ1) is 14.6. The molecule has 2 aromatic rings. The van der Waals surface area contributed by atoms with Gasteiger partial charge in [0.2, 0.25) is 17.7 Å². The molecule has 1 aliphatic rings. The average molecular weight is 301 g/mol. The summed E-state index contributed by atoms with van der Waals surface area (Å²) < 4.78 is 10.9. The maximum Gasteiger partial charge on any atom is 0.247 e. The molecule has 0 bridgehead atoms. The van der Waals surface area contributed by atoms with Crippen LogP contribution in [-0.2, 0) is 4.79 Å². The Balaban J connectivity index is 1.76. The van der Waals surface area contributed by atoms with Crippen LogP contribution in [0.2, 0.25) is 0 Å². The molecule has 22 heavy (non-hydrogen) atoms. The molecule has 0 N–H and O–H groups in total. The van der Waals surface area contributed by atoms with Gasteiger partial charge in [0.15, 0.2) is 0 Å². The zero-order chi connectivity index (χ0) is 15.5. The second-order valence-electron chi connectivity index (χ2n) is 5.48. The van der Waals surface area contributed by atoms with Crippen molar-refractivity contribution in [3.63, 3.8) is 0 Å². The molecule has 1 aromatic heterocycles. The number of carbonyl (C=O) groups excluding carboxylic acids is 1. The summed E-state index contributed by atoms with van der Waals surface area (Å²) in [6.45, 7) is 3.06. The Kier molecular flexibility index (Phi) is 4.09. The van der Waals surface area contributed by atoms with Gasteiger partial charge in [-0.05, 0) is 37.1 Å². The molecule has 1 saturated heterocycles. The van der Waals surface area contributed by atoms with Crippen molar-refractivity contribution >= 4 is 5.91 Å². The van der Waals surface area contributed by atoms with E-state index < -0.39 is 0 Å². The number of piperidine rings is 1. The number of benzene rings is 1. The van der Waals surface area contributed by atoms with Gasteiger partial charge in [0, 0.05) is 25.6 Å². The molecule has 6 heteroatoms. The number of aromatic nitrogens is 2. The van der Waals surface area contributed by atoms with Crippen molar-refractivity contribution in [1.82, 2.24) is 15.1 Å². The molecule has 1 atom stereocenters.